The van der Waals surface area contributed by atoms with Crippen LogP contribution in [0.4, 0.5) is 5.13 Å². The summed E-state index contributed by atoms with van der Waals surface area (Å²) in [5.41, 5.74) is 2.07. The zero-order valence-electron chi connectivity index (χ0n) is 13.1. The molecule has 0 fully saturated rings. The van der Waals surface area contributed by atoms with E-state index in [1.165, 1.54) is 18.4 Å². The highest BCUT2D eigenvalue weighted by Crippen LogP contribution is 2.26. The number of aryl methyl sites for hydroxylation is 1. The Labute approximate surface area is 138 Å². The van der Waals surface area contributed by atoms with E-state index in [9.17, 15) is 9.59 Å². The van der Waals surface area contributed by atoms with Crippen LogP contribution in [0.3, 0.4) is 0 Å². The standard InChI is InChI=1S/C15H18N4O3S/c1-9-5-4-6-11(7-9)14-18-19-15(23-14)17-13(21)10(2)16-12(20)8-22-3/h4-7,10H,8H2,1-3H3,(H,16,20)(H,17,19,21). The maximum absolute atomic E-state index is 12.0. The van der Waals surface area contributed by atoms with Gasteiger partial charge in [0.05, 0.1) is 0 Å². The van der Waals surface area contributed by atoms with E-state index in [2.05, 4.69) is 20.8 Å². The first-order chi connectivity index (χ1) is 11.0. The summed E-state index contributed by atoms with van der Waals surface area (Å²) in [4.78, 5) is 23.4. The molecule has 0 spiro atoms. The van der Waals surface area contributed by atoms with E-state index in [0.29, 0.717) is 5.13 Å². The van der Waals surface area contributed by atoms with Gasteiger partial charge in [0.25, 0.3) is 0 Å². The Morgan fingerprint density at radius 2 is 2.13 bits per heavy atom. The predicted octanol–water partition coefficient (Wildman–Crippen LogP) is 1.60. The van der Waals surface area contributed by atoms with E-state index < -0.39 is 6.04 Å². The van der Waals surface area contributed by atoms with E-state index >= 15 is 0 Å². The highest BCUT2D eigenvalue weighted by molar-refractivity contribution is 7.18. The lowest BCUT2D eigenvalue weighted by atomic mass is 10.1. The van der Waals surface area contributed by atoms with Crippen molar-refractivity contribution >= 4 is 28.3 Å². The van der Waals surface area contributed by atoms with Crippen molar-refractivity contribution in [3.8, 4) is 10.6 Å². The number of rotatable bonds is 6. The van der Waals surface area contributed by atoms with Gasteiger partial charge in [0, 0.05) is 12.7 Å². The Morgan fingerprint density at radius 3 is 2.83 bits per heavy atom. The summed E-state index contributed by atoms with van der Waals surface area (Å²) < 4.78 is 4.70. The highest BCUT2D eigenvalue weighted by atomic mass is 32.1. The zero-order chi connectivity index (χ0) is 16.8. The van der Waals surface area contributed by atoms with Crippen LogP contribution in [0.25, 0.3) is 10.6 Å². The van der Waals surface area contributed by atoms with Gasteiger partial charge in [-0.15, -0.1) is 10.2 Å². The van der Waals surface area contributed by atoms with Gasteiger partial charge in [0.1, 0.15) is 17.7 Å². The zero-order valence-corrected chi connectivity index (χ0v) is 13.9. The fourth-order valence-electron chi connectivity index (χ4n) is 1.86. The molecular formula is C15H18N4O3S. The average Bonchev–Trinajstić information content (AvgIpc) is 2.96. The number of amides is 2. The van der Waals surface area contributed by atoms with Gasteiger partial charge in [-0.1, -0.05) is 35.1 Å². The number of hydrogen-bond acceptors (Lipinski definition) is 6. The van der Waals surface area contributed by atoms with Crippen LogP contribution in [-0.4, -0.2) is 41.8 Å². The van der Waals surface area contributed by atoms with Crippen molar-refractivity contribution in [2.45, 2.75) is 19.9 Å². The Bertz CT molecular complexity index is 702. The predicted molar refractivity (Wildman–Crippen MR) is 88.2 cm³/mol. The second kappa shape index (κ2) is 7.80. The lowest BCUT2D eigenvalue weighted by molar-refractivity contribution is -0.128. The molecule has 1 unspecified atom stereocenters. The van der Waals surface area contributed by atoms with Gasteiger partial charge in [-0.2, -0.15) is 0 Å². The van der Waals surface area contributed by atoms with E-state index in [-0.39, 0.29) is 18.4 Å². The molecule has 122 valence electrons. The summed E-state index contributed by atoms with van der Waals surface area (Å²) in [5.74, 6) is -0.714. The number of benzene rings is 1. The van der Waals surface area contributed by atoms with Crippen LogP contribution in [0.5, 0.6) is 0 Å². The van der Waals surface area contributed by atoms with Gasteiger partial charge in [-0.25, -0.2) is 0 Å². The number of anilines is 1. The average molecular weight is 334 g/mol. The molecule has 1 heterocycles. The van der Waals surface area contributed by atoms with Gasteiger partial charge >= 0.3 is 0 Å². The van der Waals surface area contributed by atoms with Gasteiger partial charge in [0.2, 0.25) is 16.9 Å². The molecule has 0 bridgehead atoms. The molecule has 8 heteroatoms. The number of ether oxygens (including phenoxy) is 1. The van der Waals surface area contributed by atoms with E-state index in [4.69, 9.17) is 4.74 Å². The topological polar surface area (TPSA) is 93.2 Å². The maximum atomic E-state index is 12.0. The quantitative estimate of drug-likeness (QED) is 0.837. The number of nitrogens with one attached hydrogen (secondary N) is 2. The van der Waals surface area contributed by atoms with Crippen LogP contribution in [0.15, 0.2) is 24.3 Å². The van der Waals surface area contributed by atoms with Crippen LogP contribution in [0.2, 0.25) is 0 Å². The summed E-state index contributed by atoms with van der Waals surface area (Å²) in [6, 6.07) is 7.19. The van der Waals surface area contributed by atoms with Crippen molar-refractivity contribution in [2.24, 2.45) is 0 Å². The Hall–Kier alpha value is -2.32. The van der Waals surface area contributed by atoms with Crippen LogP contribution < -0.4 is 10.6 Å². The van der Waals surface area contributed by atoms with E-state index in [0.717, 1.165) is 16.1 Å². The van der Waals surface area contributed by atoms with Crippen LogP contribution in [0.1, 0.15) is 12.5 Å². The summed E-state index contributed by atoms with van der Waals surface area (Å²) >= 11 is 1.28. The van der Waals surface area contributed by atoms with E-state index in [1.807, 2.05) is 31.2 Å². The summed E-state index contributed by atoms with van der Waals surface area (Å²) in [7, 11) is 1.42. The SMILES string of the molecule is COCC(=O)NC(C)C(=O)Nc1nnc(-c2cccc(C)c2)s1. The third-order valence-corrected chi connectivity index (χ3v) is 3.85. The Kier molecular flexibility index (Phi) is 5.78. The number of nitrogens with zero attached hydrogens (tertiary/aromatic N) is 2. The molecule has 0 radical (unpaired) electrons. The number of carbonyl (C=O) groups is 2. The molecule has 0 aliphatic carbocycles. The van der Waals surface area contributed by atoms with Crippen molar-refractivity contribution in [3.63, 3.8) is 0 Å². The molecule has 2 N–H and O–H groups in total. The largest absolute Gasteiger partial charge is 0.375 e. The molecule has 1 aromatic heterocycles. The molecule has 0 aliphatic heterocycles. The molecule has 23 heavy (non-hydrogen) atoms. The van der Waals surface area contributed by atoms with Crippen LogP contribution >= 0.6 is 11.3 Å². The minimum atomic E-state index is -0.691. The fraction of sp³-hybridized carbons (Fsp3) is 0.333. The molecule has 1 atom stereocenters. The van der Waals surface area contributed by atoms with Crippen molar-refractivity contribution in [2.75, 3.05) is 19.0 Å². The first-order valence-electron chi connectivity index (χ1n) is 6.99. The van der Waals surface area contributed by atoms with Gasteiger partial charge in [0.15, 0.2) is 0 Å². The second-order valence-electron chi connectivity index (χ2n) is 4.99. The molecule has 7 nitrogen and oxygen atoms in total. The molecule has 2 aromatic rings. The molecule has 2 rings (SSSR count). The minimum absolute atomic E-state index is 0.0894. The van der Waals surface area contributed by atoms with Crippen molar-refractivity contribution in [1.82, 2.24) is 15.5 Å². The summed E-state index contributed by atoms with van der Waals surface area (Å²) in [6.07, 6.45) is 0. The monoisotopic (exact) mass is 334 g/mol. The lowest BCUT2D eigenvalue weighted by Gasteiger charge is -2.12. The third kappa shape index (κ3) is 4.83. The molecule has 2 amide bonds. The lowest BCUT2D eigenvalue weighted by Crippen LogP contribution is -2.43. The Balaban J connectivity index is 1.98. The van der Waals surface area contributed by atoms with Crippen molar-refractivity contribution in [1.29, 1.82) is 0 Å². The van der Waals surface area contributed by atoms with Crippen molar-refractivity contribution < 1.29 is 14.3 Å². The molecule has 0 saturated carbocycles. The maximum Gasteiger partial charge on any atom is 0.248 e. The smallest absolute Gasteiger partial charge is 0.248 e. The number of aromatic nitrogens is 2. The summed E-state index contributed by atoms with van der Waals surface area (Å²) in [6.45, 7) is 3.50. The van der Waals surface area contributed by atoms with Gasteiger partial charge < -0.3 is 10.1 Å². The second-order valence-corrected chi connectivity index (χ2v) is 5.97. The third-order valence-electron chi connectivity index (χ3n) is 2.97. The first kappa shape index (κ1) is 17.0. The van der Waals surface area contributed by atoms with Gasteiger partial charge in [-0.05, 0) is 19.9 Å². The van der Waals surface area contributed by atoms with Crippen molar-refractivity contribution in [3.05, 3.63) is 29.8 Å². The molecule has 1 aromatic carbocycles. The molecule has 0 saturated heterocycles. The molecular weight excluding hydrogens is 316 g/mol. The van der Waals surface area contributed by atoms with E-state index in [1.54, 1.807) is 6.92 Å². The number of methoxy groups -OCH3 is 1. The highest BCUT2D eigenvalue weighted by Gasteiger charge is 2.17. The minimum Gasteiger partial charge on any atom is -0.375 e. The molecule has 0 aliphatic rings. The normalized spacial score (nSPS) is 11.8. The fourth-order valence-corrected chi connectivity index (χ4v) is 2.60. The number of carbonyl (C=O) groups excluding carboxylic acids is 2. The van der Waals surface area contributed by atoms with Crippen LogP contribution in [-0.2, 0) is 14.3 Å². The Morgan fingerprint density at radius 1 is 1.35 bits per heavy atom. The first-order valence-corrected chi connectivity index (χ1v) is 7.81. The van der Waals surface area contributed by atoms with Crippen LogP contribution in [0, 0.1) is 6.92 Å². The van der Waals surface area contributed by atoms with Gasteiger partial charge in [-0.3, -0.25) is 14.9 Å². The summed E-state index contributed by atoms with van der Waals surface area (Å²) in [5, 5.41) is 14.3. The number of hydrogen-bond donors (Lipinski definition) is 2.